The first kappa shape index (κ1) is 18.9. The molecule has 0 atom stereocenters. The van der Waals surface area contributed by atoms with Gasteiger partial charge in [0, 0.05) is 30.4 Å². The van der Waals surface area contributed by atoms with Gasteiger partial charge in [-0.05, 0) is 30.2 Å². The fourth-order valence-electron chi connectivity index (χ4n) is 3.09. The number of likely N-dealkylation sites (tertiary alicyclic amines) is 1. The lowest BCUT2D eigenvalue weighted by atomic mass is 10.1. The first-order chi connectivity index (χ1) is 14.1. The maximum Gasteiger partial charge on any atom is 0.277 e. The van der Waals surface area contributed by atoms with E-state index in [4.69, 9.17) is 9.26 Å². The van der Waals surface area contributed by atoms with Crippen LogP contribution in [0.15, 0.2) is 65.4 Å². The monoisotopic (exact) mass is 391 g/mol. The van der Waals surface area contributed by atoms with Gasteiger partial charge >= 0.3 is 0 Å². The van der Waals surface area contributed by atoms with Crippen molar-refractivity contribution in [2.24, 2.45) is 0 Å². The number of nitrogens with zero attached hydrogens (tertiary/aromatic N) is 2. The van der Waals surface area contributed by atoms with Gasteiger partial charge in [-0.25, -0.2) is 0 Å². The van der Waals surface area contributed by atoms with E-state index in [9.17, 15) is 9.59 Å². The largest absolute Gasteiger partial charge is 0.370 e. The lowest BCUT2D eigenvalue weighted by Crippen LogP contribution is -2.54. The summed E-state index contributed by atoms with van der Waals surface area (Å²) in [6.45, 7) is 3.51. The van der Waals surface area contributed by atoms with Gasteiger partial charge in [0.15, 0.2) is 5.69 Å². The molecule has 3 aromatic rings. The molecule has 0 radical (unpaired) electrons. The van der Waals surface area contributed by atoms with E-state index in [1.165, 1.54) is 12.3 Å². The number of ether oxygens (including phenoxy) is 1. The van der Waals surface area contributed by atoms with Gasteiger partial charge in [0.2, 0.25) is 0 Å². The summed E-state index contributed by atoms with van der Waals surface area (Å²) >= 11 is 0. The zero-order valence-corrected chi connectivity index (χ0v) is 16.0. The summed E-state index contributed by atoms with van der Waals surface area (Å²) in [5, 5.41) is 6.39. The van der Waals surface area contributed by atoms with Crippen molar-refractivity contribution in [3.05, 3.63) is 83.2 Å². The summed E-state index contributed by atoms with van der Waals surface area (Å²) in [4.78, 5) is 26.7. The van der Waals surface area contributed by atoms with Gasteiger partial charge in [0.1, 0.15) is 6.26 Å². The third kappa shape index (κ3) is 4.35. The highest BCUT2D eigenvalue weighted by molar-refractivity contribution is 6.04. The Hall–Kier alpha value is -3.45. The van der Waals surface area contributed by atoms with Gasteiger partial charge in [-0.3, -0.25) is 9.59 Å². The van der Waals surface area contributed by atoms with E-state index in [1.54, 1.807) is 17.0 Å². The first-order valence-corrected chi connectivity index (χ1v) is 9.37. The first-order valence-electron chi connectivity index (χ1n) is 9.37. The van der Waals surface area contributed by atoms with Crippen LogP contribution in [0.3, 0.4) is 0 Å². The lowest BCUT2D eigenvalue weighted by molar-refractivity contribution is -0.0503. The standard InChI is InChI=1S/C22H21N3O4/c1-15-7-8-17(11-20(15)23-21(26)19-9-10-29-24-19)22(27)25-12-18(13-25)28-14-16-5-3-2-4-6-16/h2-11,18H,12-14H2,1H3,(H,23,26). The van der Waals surface area contributed by atoms with Crippen molar-refractivity contribution in [3.8, 4) is 0 Å². The molecule has 1 saturated heterocycles. The number of carbonyl (C=O) groups excluding carboxylic acids is 2. The molecular weight excluding hydrogens is 370 g/mol. The fraction of sp³-hybridized carbons (Fsp3) is 0.227. The topological polar surface area (TPSA) is 84.7 Å². The molecule has 1 aliphatic heterocycles. The molecule has 148 valence electrons. The van der Waals surface area contributed by atoms with Crippen LogP contribution in [0, 0.1) is 6.92 Å². The molecule has 0 bridgehead atoms. The van der Waals surface area contributed by atoms with Crippen molar-refractivity contribution in [1.29, 1.82) is 0 Å². The molecule has 7 heteroatoms. The zero-order valence-electron chi connectivity index (χ0n) is 16.0. The minimum Gasteiger partial charge on any atom is -0.370 e. The Balaban J connectivity index is 1.34. The molecule has 0 saturated carbocycles. The van der Waals surface area contributed by atoms with Gasteiger partial charge in [0.05, 0.1) is 12.7 Å². The third-order valence-electron chi connectivity index (χ3n) is 4.87. The molecule has 0 spiro atoms. The number of nitrogens with one attached hydrogen (secondary N) is 1. The molecule has 1 fully saturated rings. The highest BCUT2D eigenvalue weighted by atomic mass is 16.5. The van der Waals surface area contributed by atoms with E-state index < -0.39 is 0 Å². The van der Waals surface area contributed by atoms with Gasteiger partial charge in [0.25, 0.3) is 11.8 Å². The molecule has 1 N–H and O–H groups in total. The molecule has 4 rings (SSSR count). The Morgan fingerprint density at radius 1 is 1.17 bits per heavy atom. The summed E-state index contributed by atoms with van der Waals surface area (Å²) in [5.74, 6) is -0.466. The predicted molar refractivity (Wildman–Crippen MR) is 107 cm³/mol. The number of aromatic nitrogens is 1. The van der Waals surface area contributed by atoms with Crippen LogP contribution in [-0.2, 0) is 11.3 Å². The summed E-state index contributed by atoms with van der Waals surface area (Å²) in [7, 11) is 0. The van der Waals surface area contributed by atoms with Crippen molar-refractivity contribution in [3.63, 3.8) is 0 Å². The SMILES string of the molecule is Cc1ccc(C(=O)N2CC(OCc3ccccc3)C2)cc1NC(=O)c1ccon1. The zero-order chi connectivity index (χ0) is 20.2. The Morgan fingerprint density at radius 2 is 1.97 bits per heavy atom. The van der Waals surface area contributed by atoms with E-state index >= 15 is 0 Å². The van der Waals surface area contributed by atoms with Gasteiger partial charge in [-0.1, -0.05) is 41.6 Å². The van der Waals surface area contributed by atoms with Crippen LogP contribution >= 0.6 is 0 Å². The summed E-state index contributed by atoms with van der Waals surface area (Å²) in [6, 6.07) is 16.7. The molecule has 2 aromatic carbocycles. The van der Waals surface area contributed by atoms with Crippen molar-refractivity contribution >= 4 is 17.5 Å². The highest BCUT2D eigenvalue weighted by Gasteiger charge is 2.32. The number of aryl methyl sites for hydroxylation is 1. The minimum absolute atomic E-state index is 0.0379. The number of hydrogen-bond donors (Lipinski definition) is 1. The predicted octanol–water partition coefficient (Wildman–Crippen LogP) is 3.28. The molecular formula is C22H21N3O4. The second kappa shape index (κ2) is 8.28. The van der Waals surface area contributed by atoms with Crippen LogP contribution < -0.4 is 5.32 Å². The maximum absolute atomic E-state index is 12.8. The average Bonchev–Trinajstić information content (AvgIpc) is 3.24. The number of amides is 2. The number of hydrogen-bond acceptors (Lipinski definition) is 5. The Bertz CT molecular complexity index is 996. The van der Waals surface area contributed by atoms with E-state index in [2.05, 4.69) is 10.5 Å². The molecule has 0 unspecified atom stereocenters. The minimum atomic E-state index is -0.384. The number of rotatable bonds is 6. The Labute approximate surface area is 168 Å². The number of benzene rings is 2. The molecule has 1 aliphatic rings. The van der Waals surface area contributed by atoms with Gasteiger partial charge in [-0.15, -0.1) is 0 Å². The Kier molecular flexibility index (Phi) is 5.39. The van der Waals surface area contributed by atoms with Crippen molar-refractivity contribution in [2.75, 3.05) is 18.4 Å². The normalized spacial score (nSPS) is 13.8. The number of carbonyl (C=O) groups is 2. The second-order valence-electron chi connectivity index (χ2n) is 7.00. The maximum atomic E-state index is 12.8. The van der Waals surface area contributed by atoms with Crippen LogP contribution in [0.2, 0.25) is 0 Å². The molecule has 2 heterocycles. The second-order valence-corrected chi connectivity index (χ2v) is 7.00. The van der Waals surface area contributed by atoms with E-state index in [-0.39, 0.29) is 23.6 Å². The van der Waals surface area contributed by atoms with E-state index in [0.29, 0.717) is 30.9 Å². The van der Waals surface area contributed by atoms with Crippen LogP contribution in [0.4, 0.5) is 5.69 Å². The van der Waals surface area contributed by atoms with Crippen LogP contribution in [-0.4, -0.2) is 41.1 Å². The van der Waals surface area contributed by atoms with E-state index in [0.717, 1.165) is 11.1 Å². The molecule has 2 amide bonds. The Morgan fingerprint density at radius 3 is 2.69 bits per heavy atom. The average molecular weight is 391 g/mol. The molecule has 0 aliphatic carbocycles. The van der Waals surface area contributed by atoms with Crippen molar-refractivity contribution in [1.82, 2.24) is 10.1 Å². The van der Waals surface area contributed by atoms with Gasteiger partial charge < -0.3 is 19.5 Å². The van der Waals surface area contributed by atoms with Crippen LogP contribution in [0.25, 0.3) is 0 Å². The number of anilines is 1. The molecule has 7 nitrogen and oxygen atoms in total. The van der Waals surface area contributed by atoms with Crippen molar-refractivity contribution in [2.45, 2.75) is 19.6 Å². The van der Waals surface area contributed by atoms with Gasteiger partial charge in [-0.2, -0.15) is 0 Å². The summed E-state index contributed by atoms with van der Waals surface area (Å²) < 4.78 is 10.5. The molecule has 29 heavy (non-hydrogen) atoms. The highest BCUT2D eigenvalue weighted by Crippen LogP contribution is 2.22. The molecule has 1 aromatic heterocycles. The quantitative estimate of drug-likeness (QED) is 0.697. The van der Waals surface area contributed by atoms with E-state index in [1.807, 2.05) is 43.3 Å². The fourth-order valence-corrected chi connectivity index (χ4v) is 3.09. The summed E-state index contributed by atoms with van der Waals surface area (Å²) in [5.41, 5.74) is 3.24. The summed E-state index contributed by atoms with van der Waals surface area (Å²) in [6.07, 6.45) is 1.37. The van der Waals surface area contributed by atoms with Crippen molar-refractivity contribution < 1.29 is 18.8 Å². The van der Waals surface area contributed by atoms with Crippen LogP contribution in [0.5, 0.6) is 0 Å². The lowest BCUT2D eigenvalue weighted by Gasteiger charge is -2.39. The smallest absolute Gasteiger partial charge is 0.277 e. The van der Waals surface area contributed by atoms with Crippen LogP contribution in [0.1, 0.15) is 32.0 Å². The third-order valence-corrected chi connectivity index (χ3v) is 4.87.